The van der Waals surface area contributed by atoms with Crippen molar-refractivity contribution in [3.63, 3.8) is 0 Å². The van der Waals surface area contributed by atoms with E-state index >= 15 is 0 Å². The molecule has 0 spiro atoms. The number of anilines is 1. The summed E-state index contributed by atoms with van der Waals surface area (Å²) in [7, 11) is -3.72. The van der Waals surface area contributed by atoms with E-state index in [1.54, 1.807) is 17.0 Å². The zero-order valence-electron chi connectivity index (χ0n) is 23.0. The summed E-state index contributed by atoms with van der Waals surface area (Å²) in [5.74, 6) is -0.196. The Morgan fingerprint density at radius 3 is 2.21 bits per heavy atom. The van der Waals surface area contributed by atoms with E-state index < -0.39 is 10.0 Å². The van der Waals surface area contributed by atoms with Gasteiger partial charge < -0.3 is 4.90 Å². The van der Waals surface area contributed by atoms with Crippen molar-refractivity contribution in [2.45, 2.75) is 39.1 Å². The molecule has 9 heteroatoms. The van der Waals surface area contributed by atoms with Crippen LogP contribution in [0.1, 0.15) is 42.3 Å². The van der Waals surface area contributed by atoms with Crippen LogP contribution >= 0.6 is 11.3 Å². The van der Waals surface area contributed by atoms with Crippen LogP contribution in [0.15, 0.2) is 77.7 Å². The van der Waals surface area contributed by atoms with E-state index in [9.17, 15) is 13.2 Å². The minimum absolute atomic E-state index is 0.169. The molecule has 0 N–H and O–H groups in total. The fourth-order valence-electron chi connectivity index (χ4n) is 4.43. The van der Waals surface area contributed by atoms with Crippen LogP contribution < -0.4 is 4.90 Å². The molecule has 1 heterocycles. The van der Waals surface area contributed by atoms with Crippen LogP contribution in [0.25, 0.3) is 10.2 Å². The van der Waals surface area contributed by atoms with Gasteiger partial charge in [-0.1, -0.05) is 68.5 Å². The molecule has 0 radical (unpaired) electrons. The van der Waals surface area contributed by atoms with Gasteiger partial charge in [-0.25, -0.2) is 13.4 Å². The number of aromatic nitrogens is 1. The number of aryl methyl sites for hydroxylation is 1. The first-order valence-electron chi connectivity index (χ1n) is 13.3. The van der Waals surface area contributed by atoms with Crippen LogP contribution in [0.5, 0.6) is 0 Å². The number of fused-ring (bicyclic) bond motifs is 1. The van der Waals surface area contributed by atoms with Gasteiger partial charge >= 0.3 is 0 Å². The van der Waals surface area contributed by atoms with Crippen LogP contribution in [0.3, 0.4) is 0 Å². The third-order valence-corrected chi connectivity index (χ3v) is 9.81. The van der Waals surface area contributed by atoms with Gasteiger partial charge in [0.2, 0.25) is 10.0 Å². The first-order valence-corrected chi connectivity index (χ1v) is 15.6. The number of likely N-dealkylation sites (N-methyl/N-ethyl adjacent to an activating group) is 1. The number of rotatable bonds is 12. The predicted molar refractivity (Wildman–Crippen MR) is 160 cm³/mol. The number of hydrogen-bond donors (Lipinski definition) is 0. The molecule has 0 atom stereocenters. The molecular weight excluding hydrogens is 528 g/mol. The molecule has 0 aliphatic heterocycles. The zero-order chi connectivity index (χ0) is 28.0. The minimum Gasteiger partial charge on any atom is -0.302 e. The second kappa shape index (κ2) is 12.8. The molecule has 0 aliphatic rings. The normalized spacial score (nSPS) is 11.9. The lowest BCUT2D eigenvalue weighted by molar-refractivity contribution is 0.0983. The second-order valence-electron chi connectivity index (χ2n) is 9.39. The number of amides is 1. The highest BCUT2D eigenvalue weighted by atomic mass is 32.2. The standard InChI is InChI=1S/C30H36N4O3S2/c1-5-32(6-2)19-20-34(30-31-27-18-13-23(4)21-28(27)38-30)29(35)25-14-16-26(17-15-25)39(36,37)33(7-3)22-24-11-9-8-10-12-24/h8-18,21H,5-7,19-20,22H2,1-4H3. The molecule has 0 bridgehead atoms. The molecule has 0 aliphatic carbocycles. The highest BCUT2D eigenvalue weighted by molar-refractivity contribution is 7.89. The molecule has 0 saturated carbocycles. The third-order valence-electron chi connectivity index (χ3n) is 6.84. The van der Waals surface area contributed by atoms with Gasteiger partial charge in [0.05, 0.1) is 15.1 Å². The molecule has 4 rings (SSSR count). The van der Waals surface area contributed by atoms with Crippen molar-refractivity contribution in [1.82, 2.24) is 14.2 Å². The van der Waals surface area contributed by atoms with Gasteiger partial charge in [0.25, 0.3) is 5.91 Å². The molecule has 0 saturated heterocycles. The summed E-state index contributed by atoms with van der Waals surface area (Å²) in [6.45, 7) is 11.7. The van der Waals surface area contributed by atoms with E-state index in [2.05, 4.69) is 24.8 Å². The lowest BCUT2D eigenvalue weighted by atomic mass is 10.2. The maximum Gasteiger partial charge on any atom is 0.260 e. The van der Waals surface area contributed by atoms with E-state index in [-0.39, 0.29) is 17.3 Å². The summed E-state index contributed by atoms with van der Waals surface area (Å²) in [4.78, 5) is 22.7. The molecule has 3 aromatic carbocycles. The van der Waals surface area contributed by atoms with Crippen molar-refractivity contribution < 1.29 is 13.2 Å². The summed E-state index contributed by atoms with van der Waals surface area (Å²) in [6.07, 6.45) is 0. The summed E-state index contributed by atoms with van der Waals surface area (Å²) in [6, 6.07) is 21.9. The number of carbonyl (C=O) groups is 1. The highest BCUT2D eigenvalue weighted by Gasteiger charge is 2.26. The van der Waals surface area contributed by atoms with Crippen molar-refractivity contribution in [3.05, 3.63) is 89.5 Å². The van der Waals surface area contributed by atoms with Gasteiger partial charge in [-0.3, -0.25) is 9.69 Å². The average Bonchev–Trinajstić information content (AvgIpc) is 3.37. The topological polar surface area (TPSA) is 73.8 Å². The van der Waals surface area contributed by atoms with Crippen LogP contribution in [-0.2, 0) is 16.6 Å². The Balaban J connectivity index is 1.60. The second-order valence-corrected chi connectivity index (χ2v) is 12.3. The smallest absolute Gasteiger partial charge is 0.260 e. The Bertz CT molecular complexity index is 1500. The van der Waals surface area contributed by atoms with Crippen LogP contribution in [0.4, 0.5) is 5.13 Å². The van der Waals surface area contributed by atoms with E-state index in [0.717, 1.165) is 34.4 Å². The van der Waals surface area contributed by atoms with Crippen LogP contribution in [-0.4, -0.2) is 61.2 Å². The van der Waals surface area contributed by atoms with Crippen LogP contribution in [0.2, 0.25) is 0 Å². The molecular formula is C30H36N4O3S2. The number of carbonyl (C=O) groups excluding carboxylic acids is 1. The fraction of sp³-hybridized carbons (Fsp3) is 0.333. The van der Waals surface area contributed by atoms with E-state index in [4.69, 9.17) is 4.98 Å². The van der Waals surface area contributed by atoms with Crippen molar-refractivity contribution in [2.75, 3.05) is 37.6 Å². The lowest BCUT2D eigenvalue weighted by Crippen LogP contribution is -2.39. The van der Waals surface area contributed by atoms with Crippen molar-refractivity contribution in [1.29, 1.82) is 0 Å². The van der Waals surface area contributed by atoms with E-state index in [1.165, 1.54) is 27.8 Å². The monoisotopic (exact) mass is 564 g/mol. The number of hydrogen-bond acceptors (Lipinski definition) is 6. The van der Waals surface area contributed by atoms with Gasteiger partial charge in [-0.05, 0) is 67.5 Å². The quantitative estimate of drug-likeness (QED) is 0.217. The summed E-state index contributed by atoms with van der Waals surface area (Å²) in [5.41, 5.74) is 3.35. The Labute approximate surface area is 235 Å². The minimum atomic E-state index is -3.72. The van der Waals surface area contributed by atoms with Crippen molar-refractivity contribution >= 4 is 42.6 Å². The van der Waals surface area contributed by atoms with Gasteiger partial charge in [0, 0.05) is 31.7 Å². The number of nitrogens with zero attached hydrogens (tertiary/aromatic N) is 4. The first-order chi connectivity index (χ1) is 18.8. The first kappa shape index (κ1) is 28.9. The molecule has 0 fully saturated rings. The van der Waals surface area contributed by atoms with E-state index in [1.807, 2.05) is 56.3 Å². The third kappa shape index (κ3) is 6.73. The SMILES string of the molecule is CCN(CC)CCN(C(=O)c1ccc(S(=O)(=O)N(CC)Cc2ccccc2)cc1)c1nc2ccc(C)cc2s1. The number of thiazole rings is 1. The van der Waals surface area contributed by atoms with Crippen molar-refractivity contribution in [3.8, 4) is 0 Å². The van der Waals surface area contributed by atoms with Crippen LogP contribution in [0, 0.1) is 6.92 Å². The molecule has 0 unspecified atom stereocenters. The largest absolute Gasteiger partial charge is 0.302 e. The number of sulfonamides is 1. The number of benzene rings is 3. The average molecular weight is 565 g/mol. The zero-order valence-corrected chi connectivity index (χ0v) is 24.6. The molecule has 1 amide bonds. The van der Waals surface area contributed by atoms with Gasteiger partial charge in [-0.2, -0.15) is 4.31 Å². The summed E-state index contributed by atoms with van der Waals surface area (Å²) >= 11 is 1.50. The van der Waals surface area contributed by atoms with Gasteiger partial charge in [0.15, 0.2) is 5.13 Å². The van der Waals surface area contributed by atoms with E-state index in [0.29, 0.717) is 30.3 Å². The highest BCUT2D eigenvalue weighted by Crippen LogP contribution is 2.31. The van der Waals surface area contributed by atoms with Crippen molar-refractivity contribution in [2.24, 2.45) is 0 Å². The summed E-state index contributed by atoms with van der Waals surface area (Å²) < 4.78 is 29.3. The maximum atomic E-state index is 13.8. The fourth-order valence-corrected chi connectivity index (χ4v) is 6.95. The Kier molecular flexibility index (Phi) is 9.50. The Morgan fingerprint density at radius 1 is 0.872 bits per heavy atom. The Hall–Kier alpha value is -3.11. The van der Waals surface area contributed by atoms with Gasteiger partial charge in [-0.15, -0.1) is 0 Å². The van der Waals surface area contributed by atoms with Gasteiger partial charge in [0.1, 0.15) is 0 Å². The molecule has 7 nitrogen and oxygen atoms in total. The molecule has 206 valence electrons. The summed E-state index contributed by atoms with van der Waals surface area (Å²) in [5, 5.41) is 0.643. The molecule has 39 heavy (non-hydrogen) atoms. The molecule has 1 aromatic heterocycles. The Morgan fingerprint density at radius 2 is 1.56 bits per heavy atom. The maximum absolute atomic E-state index is 13.8. The lowest BCUT2D eigenvalue weighted by Gasteiger charge is -2.25. The molecule has 4 aromatic rings. The predicted octanol–water partition coefficient (Wildman–Crippen LogP) is 5.80.